The number of aromatic nitrogens is 1. The van der Waals surface area contributed by atoms with E-state index in [0.717, 1.165) is 11.3 Å². The lowest BCUT2D eigenvalue weighted by Crippen LogP contribution is -2.14. The van der Waals surface area contributed by atoms with E-state index in [1.165, 1.54) is 7.11 Å². The van der Waals surface area contributed by atoms with Crippen LogP contribution in [0.15, 0.2) is 36.5 Å². The molecule has 0 aliphatic carbocycles. The number of benzene rings is 1. The van der Waals surface area contributed by atoms with Gasteiger partial charge < -0.3 is 10.5 Å². The Labute approximate surface area is 112 Å². The van der Waals surface area contributed by atoms with E-state index in [1.807, 2.05) is 19.1 Å². The Bertz CT molecular complexity index is 572. The molecular weight excluding hydrogens is 243 g/mol. The van der Waals surface area contributed by atoms with Crippen molar-refractivity contribution in [3.63, 3.8) is 0 Å². The number of methoxy groups -OCH3 is 1. The van der Waals surface area contributed by atoms with Gasteiger partial charge in [0, 0.05) is 17.9 Å². The Balaban J connectivity index is 2.21. The van der Waals surface area contributed by atoms with Crippen LogP contribution in [-0.2, 0) is 6.42 Å². The van der Waals surface area contributed by atoms with Gasteiger partial charge in [0.2, 0.25) is 0 Å². The number of rotatable bonds is 4. The Morgan fingerprint density at radius 2 is 2.16 bits per heavy atom. The molecule has 1 aromatic carbocycles. The summed E-state index contributed by atoms with van der Waals surface area (Å²) in [7, 11) is 1.45. The van der Waals surface area contributed by atoms with Gasteiger partial charge >= 0.3 is 0 Å². The Morgan fingerprint density at radius 3 is 2.84 bits per heavy atom. The van der Waals surface area contributed by atoms with Crippen molar-refractivity contribution in [3.8, 4) is 5.75 Å². The van der Waals surface area contributed by atoms with Gasteiger partial charge in [-0.1, -0.05) is 12.1 Å². The fourth-order valence-corrected chi connectivity index (χ4v) is 2.02. The molecule has 100 valence electrons. The van der Waals surface area contributed by atoms with E-state index < -0.39 is 0 Å². The van der Waals surface area contributed by atoms with Gasteiger partial charge in [-0.2, -0.15) is 0 Å². The lowest BCUT2D eigenvalue weighted by atomic mass is 9.99. The topological polar surface area (TPSA) is 48.1 Å². The number of halogens is 1. The molecule has 1 unspecified atom stereocenters. The summed E-state index contributed by atoms with van der Waals surface area (Å²) in [6.07, 6.45) is 2.14. The van der Waals surface area contributed by atoms with Crippen LogP contribution >= 0.6 is 0 Å². The van der Waals surface area contributed by atoms with E-state index in [0.29, 0.717) is 12.0 Å². The first-order valence-corrected chi connectivity index (χ1v) is 6.11. The number of nitrogens with zero attached hydrogens (tertiary/aromatic N) is 1. The summed E-state index contributed by atoms with van der Waals surface area (Å²) in [5.74, 6) is -0.0955. The van der Waals surface area contributed by atoms with Crippen molar-refractivity contribution in [2.45, 2.75) is 19.4 Å². The minimum Gasteiger partial charge on any atom is -0.494 e. The summed E-state index contributed by atoms with van der Waals surface area (Å²) in [4.78, 5) is 4.12. The number of hydrogen-bond donors (Lipinski definition) is 1. The van der Waals surface area contributed by atoms with Crippen LogP contribution in [0.25, 0.3) is 0 Å². The maximum atomic E-state index is 14.0. The zero-order valence-electron chi connectivity index (χ0n) is 11.1. The summed E-state index contributed by atoms with van der Waals surface area (Å²) in [5.41, 5.74) is 8.53. The molecule has 0 aliphatic heterocycles. The number of aryl methyl sites for hydroxylation is 1. The molecule has 2 aromatic rings. The van der Waals surface area contributed by atoms with Crippen molar-refractivity contribution in [1.29, 1.82) is 0 Å². The first kappa shape index (κ1) is 13.5. The summed E-state index contributed by atoms with van der Waals surface area (Å²) in [5, 5.41) is 0. The van der Waals surface area contributed by atoms with Gasteiger partial charge in [0.05, 0.1) is 7.11 Å². The summed E-state index contributed by atoms with van der Waals surface area (Å²) in [6, 6.07) is 8.61. The third kappa shape index (κ3) is 3.09. The van der Waals surface area contributed by atoms with Crippen molar-refractivity contribution in [2.75, 3.05) is 7.11 Å². The van der Waals surface area contributed by atoms with E-state index in [-0.39, 0.29) is 17.6 Å². The second-order valence-electron chi connectivity index (χ2n) is 4.47. The third-order valence-corrected chi connectivity index (χ3v) is 3.05. The minimum absolute atomic E-state index is 0.246. The molecule has 2 N–H and O–H groups in total. The second-order valence-corrected chi connectivity index (χ2v) is 4.47. The summed E-state index contributed by atoms with van der Waals surface area (Å²) >= 11 is 0. The quantitative estimate of drug-likeness (QED) is 0.919. The normalized spacial score (nSPS) is 12.2. The second kappa shape index (κ2) is 5.80. The number of ether oxygens (including phenoxy) is 1. The zero-order chi connectivity index (χ0) is 13.8. The predicted molar refractivity (Wildman–Crippen MR) is 72.6 cm³/mol. The molecule has 0 radical (unpaired) electrons. The average molecular weight is 260 g/mol. The van der Waals surface area contributed by atoms with Crippen LogP contribution in [-0.4, -0.2) is 12.1 Å². The molecule has 0 bridgehead atoms. The Kier molecular flexibility index (Phi) is 4.12. The maximum Gasteiger partial charge on any atom is 0.168 e. The lowest BCUT2D eigenvalue weighted by molar-refractivity contribution is 0.383. The van der Waals surface area contributed by atoms with Crippen LogP contribution in [0.5, 0.6) is 5.75 Å². The van der Waals surface area contributed by atoms with E-state index >= 15 is 0 Å². The fraction of sp³-hybridized carbons (Fsp3) is 0.267. The van der Waals surface area contributed by atoms with Gasteiger partial charge in [-0.25, -0.2) is 4.39 Å². The van der Waals surface area contributed by atoms with Crippen molar-refractivity contribution >= 4 is 0 Å². The van der Waals surface area contributed by atoms with Crippen LogP contribution in [0.3, 0.4) is 0 Å². The molecule has 19 heavy (non-hydrogen) atoms. The van der Waals surface area contributed by atoms with Crippen LogP contribution in [0, 0.1) is 12.7 Å². The molecule has 2 rings (SSSR count). The SMILES string of the molecule is COc1cccc(CC(N)c2ccnc(C)c2)c1F. The molecule has 0 fully saturated rings. The number of pyridine rings is 1. The highest BCUT2D eigenvalue weighted by molar-refractivity contribution is 5.32. The van der Waals surface area contributed by atoms with Crippen LogP contribution in [0.1, 0.15) is 22.9 Å². The standard InChI is InChI=1S/C15H17FN2O/c1-10-8-11(6-7-18-10)13(17)9-12-4-3-5-14(19-2)15(12)16/h3-8,13H,9,17H2,1-2H3. The molecule has 4 heteroatoms. The molecule has 0 saturated heterocycles. The van der Waals surface area contributed by atoms with Crippen LogP contribution < -0.4 is 10.5 Å². The zero-order valence-corrected chi connectivity index (χ0v) is 11.1. The van der Waals surface area contributed by atoms with Crippen LogP contribution in [0.2, 0.25) is 0 Å². The van der Waals surface area contributed by atoms with Gasteiger partial charge in [-0.3, -0.25) is 4.98 Å². The van der Waals surface area contributed by atoms with Gasteiger partial charge in [-0.05, 0) is 42.7 Å². The van der Waals surface area contributed by atoms with Crippen molar-refractivity contribution in [3.05, 3.63) is 59.2 Å². The highest BCUT2D eigenvalue weighted by Crippen LogP contribution is 2.24. The average Bonchev–Trinajstić information content (AvgIpc) is 2.41. The van der Waals surface area contributed by atoms with Crippen LogP contribution in [0.4, 0.5) is 4.39 Å². The van der Waals surface area contributed by atoms with E-state index in [4.69, 9.17) is 10.5 Å². The first-order valence-electron chi connectivity index (χ1n) is 6.11. The molecule has 0 aliphatic rings. The Morgan fingerprint density at radius 1 is 1.37 bits per heavy atom. The van der Waals surface area contributed by atoms with E-state index in [9.17, 15) is 4.39 Å². The van der Waals surface area contributed by atoms with Crippen molar-refractivity contribution in [2.24, 2.45) is 5.73 Å². The lowest BCUT2D eigenvalue weighted by Gasteiger charge is -2.14. The first-order chi connectivity index (χ1) is 9.11. The third-order valence-electron chi connectivity index (χ3n) is 3.05. The van der Waals surface area contributed by atoms with Gasteiger partial charge in [0.15, 0.2) is 11.6 Å². The molecule has 3 nitrogen and oxygen atoms in total. The largest absolute Gasteiger partial charge is 0.494 e. The summed E-state index contributed by atoms with van der Waals surface area (Å²) in [6.45, 7) is 1.91. The maximum absolute atomic E-state index is 14.0. The summed E-state index contributed by atoms with van der Waals surface area (Å²) < 4.78 is 19.0. The molecule has 1 atom stereocenters. The minimum atomic E-state index is -0.341. The van der Waals surface area contributed by atoms with Gasteiger partial charge in [0.1, 0.15) is 0 Å². The number of hydrogen-bond acceptors (Lipinski definition) is 3. The molecule has 1 heterocycles. The fourth-order valence-electron chi connectivity index (χ4n) is 2.02. The molecular formula is C15H17FN2O. The monoisotopic (exact) mass is 260 g/mol. The van der Waals surface area contributed by atoms with Crippen molar-refractivity contribution in [1.82, 2.24) is 4.98 Å². The molecule has 0 spiro atoms. The molecule has 0 saturated carbocycles. The highest BCUT2D eigenvalue weighted by atomic mass is 19.1. The Hall–Kier alpha value is -1.94. The van der Waals surface area contributed by atoms with E-state index in [2.05, 4.69) is 4.98 Å². The van der Waals surface area contributed by atoms with Gasteiger partial charge in [0.25, 0.3) is 0 Å². The predicted octanol–water partition coefficient (Wildman–Crippen LogP) is 2.78. The molecule has 0 amide bonds. The molecule has 1 aromatic heterocycles. The smallest absolute Gasteiger partial charge is 0.168 e. The van der Waals surface area contributed by atoms with Crippen molar-refractivity contribution < 1.29 is 9.13 Å². The van der Waals surface area contributed by atoms with E-state index in [1.54, 1.807) is 24.4 Å². The van der Waals surface area contributed by atoms with Gasteiger partial charge in [-0.15, -0.1) is 0 Å². The number of nitrogens with two attached hydrogens (primary N) is 1. The highest BCUT2D eigenvalue weighted by Gasteiger charge is 2.13.